The van der Waals surface area contributed by atoms with E-state index in [-0.39, 0.29) is 5.91 Å². The summed E-state index contributed by atoms with van der Waals surface area (Å²) in [4.78, 5) is 19.3. The van der Waals surface area contributed by atoms with E-state index in [1.807, 2.05) is 30.0 Å². The Bertz CT molecular complexity index is 1070. The first-order chi connectivity index (χ1) is 16.5. The average Bonchev–Trinajstić information content (AvgIpc) is 3.16. The molecule has 34 heavy (non-hydrogen) atoms. The Kier molecular flexibility index (Phi) is 8.01. The minimum Gasteiger partial charge on any atom is -0.487 e. The van der Waals surface area contributed by atoms with Crippen LogP contribution >= 0.6 is 0 Å². The van der Waals surface area contributed by atoms with E-state index >= 15 is 0 Å². The van der Waals surface area contributed by atoms with Crippen molar-refractivity contribution in [1.29, 1.82) is 0 Å². The lowest BCUT2D eigenvalue weighted by molar-refractivity contribution is 0.0689. The maximum Gasteiger partial charge on any atom is 0.255 e. The topological polar surface area (TPSA) is 56.6 Å². The first-order valence-electron chi connectivity index (χ1n) is 12.1. The SMILES string of the molecule is COCCn1c(C)cc(C(=O)N2CCC(Cc3ccc(COc4cccnc4)cc3)CC2)c1C. The molecule has 0 bridgehead atoms. The molecule has 0 aliphatic carbocycles. The number of pyridine rings is 1. The zero-order valence-electron chi connectivity index (χ0n) is 20.5. The minimum absolute atomic E-state index is 0.160. The van der Waals surface area contributed by atoms with Crippen LogP contribution in [-0.4, -0.2) is 47.2 Å². The van der Waals surface area contributed by atoms with E-state index in [1.165, 1.54) is 5.56 Å². The lowest BCUT2D eigenvalue weighted by atomic mass is 9.89. The molecule has 1 saturated heterocycles. The predicted octanol–water partition coefficient (Wildman–Crippen LogP) is 4.82. The highest BCUT2D eigenvalue weighted by Crippen LogP contribution is 2.25. The summed E-state index contributed by atoms with van der Waals surface area (Å²) < 4.78 is 13.2. The number of piperidine rings is 1. The molecule has 1 amide bonds. The third-order valence-electron chi connectivity index (χ3n) is 6.81. The van der Waals surface area contributed by atoms with Crippen LogP contribution in [0.3, 0.4) is 0 Å². The summed E-state index contributed by atoms with van der Waals surface area (Å²) in [5.74, 6) is 1.55. The number of hydrogen-bond donors (Lipinski definition) is 0. The normalized spacial score (nSPS) is 14.4. The lowest BCUT2D eigenvalue weighted by Crippen LogP contribution is -2.39. The summed E-state index contributed by atoms with van der Waals surface area (Å²) in [6.45, 7) is 7.70. The Balaban J connectivity index is 1.26. The number of aryl methyl sites for hydroxylation is 1. The molecule has 0 unspecified atom stereocenters. The van der Waals surface area contributed by atoms with Gasteiger partial charge in [0.05, 0.1) is 18.4 Å². The second kappa shape index (κ2) is 11.3. The van der Waals surface area contributed by atoms with Gasteiger partial charge < -0.3 is 18.9 Å². The van der Waals surface area contributed by atoms with Crippen LogP contribution in [0.15, 0.2) is 54.9 Å². The fraction of sp³-hybridized carbons (Fsp3) is 0.429. The highest BCUT2D eigenvalue weighted by atomic mass is 16.5. The van der Waals surface area contributed by atoms with Crippen LogP contribution in [0.2, 0.25) is 0 Å². The number of amides is 1. The van der Waals surface area contributed by atoms with E-state index < -0.39 is 0 Å². The molecular weight excluding hydrogens is 426 g/mol. The van der Waals surface area contributed by atoms with Crippen molar-refractivity contribution < 1.29 is 14.3 Å². The number of aromatic nitrogens is 2. The van der Waals surface area contributed by atoms with Crippen LogP contribution in [0, 0.1) is 19.8 Å². The van der Waals surface area contributed by atoms with Gasteiger partial charge in [-0.2, -0.15) is 0 Å². The molecule has 6 heteroatoms. The summed E-state index contributed by atoms with van der Waals surface area (Å²) in [5.41, 5.74) is 5.47. The lowest BCUT2D eigenvalue weighted by Gasteiger charge is -2.32. The van der Waals surface area contributed by atoms with E-state index in [2.05, 4.69) is 40.7 Å². The Hall–Kier alpha value is -3.12. The standard InChI is InChI=1S/C28H35N3O3/c1-21-17-27(22(2)31(21)15-16-33-3)28(32)30-13-10-24(11-14-30)18-23-6-8-25(9-7-23)20-34-26-5-4-12-29-19-26/h4-9,12,17,19,24H,10-11,13-16,18,20H2,1-3H3. The first-order valence-corrected chi connectivity index (χ1v) is 12.1. The molecule has 0 radical (unpaired) electrons. The first kappa shape index (κ1) is 24.0. The van der Waals surface area contributed by atoms with Gasteiger partial charge in [0.25, 0.3) is 5.91 Å². The van der Waals surface area contributed by atoms with Crippen molar-refractivity contribution in [3.05, 3.63) is 82.9 Å². The number of likely N-dealkylation sites (tertiary alicyclic amines) is 1. The summed E-state index contributed by atoms with van der Waals surface area (Å²) in [6, 6.07) is 14.5. The van der Waals surface area contributed by atoms with Gasteiger partial charge in [-0.25, -0.2) is 0 Å². The van der Waals surface area contributed by atoms with Gasteiger partial charge in [-0.3, -0.25) is 9.78 Å². The van der Waals surface area contributed by atoms with Crippen molar-refractivity contribution in [2.45, 2.75) is 46.3 Å². The third kappa shape index (κ3) is 5.86. The number of ether oxygens (including phenoxy) is 2. The summed E-state index contributed by atoms with van der Waals surface area (Å²) in [5, 5.41) is 0. The van der Waals surface area contributed by atoms with E-state index in [0.29, 0.717) is 19.1 Å². The largest absolute Gasteiger partial charge is 0.487 e. The van der Waals surface area contributed by atoms with Gasteiger partial charge in [-0.15, -0.1) is 0 Å². The van der Waals surface area contributed by atoms with E-state index in [4.69, 9.17) is 9.47 Å². The van der Waals surface area contributed by atoms with Gasteiger partial charge >= 0.3 is 0 Å². The molecule has 4 rings (SSSR count). The molecule has 3 aromatic rings. The molecule has 2 aromatic heterocycles. The second-order valence-electron chi connectivity index (χ2n) is 9.16. The highest BCUT2D eigenvalue weighted by molar-refractivity contribution is 5.95. The molecule has 1 fully saturated rings. The molecule has 1 aliphatic heterocycles. The van der Waals surface area contributed by atoms with Crippen molar-refractivity contribution in [2.24, 2.45) is 5.92 Å². The van der Waals surface area contributed by atoms with Gasteiger partial charge in [0.15, 0.2) is 0 Å². The summed E-state index contributed by atoms with van der Waals surface area (Å²) in [6.07, 6.45) is 6.60. The highest BCUT2D eigenvalue weighted by Gasteiger charge is 2.26. The minimum atomic E-state index is 0.160. The summed E-state index contributed by atoms with van der Waals surface area (Å²) in [7, 11) is 1.71. The van der Waals surface area contributed by atoms with Gasteiger partial charge in [-0.1, -0.05) is 24.3 Å². The Morgan fingerprint density at radius 2 is 1.82 bits per heavy atom. The van der Waals surface area contributed by atoms with Crippen molar-refractivity contribution in [3.63, 3.8) is 0 Å². The van der Waals surface area contributed by atoms with Crippen LogP contribution in [0.25, 0.3) is 0 Å². The van der Waals surface area contributed by atoms with Gasteiger partial charge in [0.2, 0.25) is 0 Å². The van der Waals surface area contributed by atoms with Crippen molar-refractivity contribution in [1.82, 2.24) is 14.5 Å². The van der Waals surface area contributed by atoms with Crippen LogP contribution < -0.4 is 4.74 Å². The van der Waals surface area contributed by atoms with Gasteiger partial charge in [-0.05, 0) is 68.4 Å². The molecule has 1 aromatic carbocycles. The molecule has 0 atom stereocenters. The Labute approximate surface area is 202 Å². The van der Waals surface area contributed by atoms with Crippen LogP contribution in [0.4, 0.5) is 0 Å². The van der Waals surface area contributed by atoms with Crippen LogP contribution in [0.5, 0.6) is 5.75 Å². The molecule has 6 nitrogen and oxygen atoms in total. The maximum absolute atomic E-state index is 13.2. The van der Waals surface area contributed by atoms with Crippen LogP contribution in [0.1, 0.15) is 45.7 Å². The molecule has 0 spiro atoms. The number of carbonyl (C=O) groups is 1. The third-order valence-corrected chi connectivity index (χ3v) is 6.81. The molecule has 180 valence electrons. The predicted molar refractivity (Wildman–Crippen MR) is 133 cm³/mol. The van der Waals surface area contributed by atoms with Crippen LogP contribution in [-0.2, 0) is 24.3 Å². The Morgan fingerprint density at radius 1 is 1.09 bits per heavy atom. The number of methoxy groups -OCH3 is 1. The fourth-order valence-electron chi connectivity index (χ4n) is 4.76. The fourth-order valence-corrected chi connectivity index (χ4v) is 4.76. The summed E-state index contributed by atoms with van der Waals surface area (Å²) >= 11 is 0. The van der Waals surface area contributed by atoms with Crippen molar-refractivity contribution in [2.75, 3.05) is 26.8 Å². The molecule has 1 aliphatic rings. The zero-order valence-corrected chi connectivity index (χ0v) is 20.5. The van der Waals surface area contributed by atoms with Gasteiger partial charge in [0, 0.05) is 44.3 Å². The van der Waals surface area contributed by atoms with Crippen molar-refractivity contribution in [3.8, 4) is 5.75 Å². The molecular formula is C28H35N3O3. The van der Waals surface area contributed by atoms with Gasteiger partial charge in [0.1, 0.15) is 12.4 Å². The Morgan fingerprint density at radius 3 is 2.50 bits per heavy atom. The quantitative estimate of drug-likeness (QED) is 0.458. The number of nitrogens with zero attached hydrogens (tertiary/aromatic N) is 3. The molecule has 0 saturated carbocycles. The monoisotopic (exact) mass is 461 g/mol. The smallest absolute Gasteiger partial charge is 0.255 e. The number of carbonyl (C=O) groups excluding carboxylic acids is 1. The van der Waals surface area contributed by atoms with Crippen molar-refractivity contribution >= 4 is 5.91 Å². The number of hydrogen-bond acceptors (Lipinski definition) is 4. The van der Waals surface area contributed by atoms with E-state index in [1.54, 1.807) is 19.5 Å². The average molecular weight is 462 g/mol. The zero-order chi connectivity index (χ0) is 23.9. The second-order valence-corrected chi connectivity index (χ2v) is 9.16. The van der Waals surface area contributed by atoms with E-state index in [0.717, 1.165) is 67.2 Å². The van der Waals surface area contributed by atoms with E-state index in [9.17, 15) is 4.79 Å². The molecule has 3 heterocycles. The molecule has 0 N–H and O–H groups in total. The maximum atomic E-state index is 13.2. The number of rotatable bonds is 9. The number of benzene rings is 1.